The lowest BCUT2D eigenvalue weighted by Crippen LogP contribution is -2.68. The molecule has 73 heavy (non-hydrogen) atoms. The van der Waals surface area contributed by atoms with E-state index in [-0.39, 0.29) is 16.9 Å². The van der Waals surface area contributed by atoms with Crippen molar-refractivity contribution in [3.8, 4) is 0 Å². The number of ether oxygens (including phenoxy) is 10. The third-order valence-corrected chi connectivity index (χ3v) is 20.4. The van der Waals surface area contributed by atoms with E-state index in [9.17, 15) is 61.3 Å². The molecule has 12 N–H and O–H groups in total. The molecule has 420 valence electrons. The highest BCUT2D eigenvalue weighted by Gasteiger charge is 2.69. The molecular weight excluding hydrogens is 965 g/mol. The molecule has 4 aliphatic carbocycles. The fourth-order valence-electron chi connectivity index (χ4n) is 16.1. The van der Waals surface area contributed by atoms with Crippen molar-refractivity contribution < 1.29 is 109 Å². The fourth-order valence-corrected chi connectivity index (χ4v) is 16.1. The quantitative estimate of drug-likeness (QED) is 0.101. The molecule has 22 nitrogen and oxygen atoms in total. The van der Waals surface area contributed by atoms with Crippen molar-refractivity contribution in [1.82, 2.24) is 0 Å². The Hall–Kier alpha value is -0.880. The van der Waals surface area contributed by atoms with Crippen molar-refractivity contribution in [2.45, 2.75) is 240 Å². The number of aliphatic hydroxyl groups is 12. The summed E-state index contributed by atoms with van der Waals surface area (Å²) in [5.41, 5.74) is 0.216. The Bertz CT molecular complexity index is 1860. The minimum atomic E-state index is -1.95. The van der Waals surface area contributed by atoms with E-state index >= 15 is 0 Å². The maximum absolute atomic E-state index is 12.4. The molecule has 22 heteroatoms. The van der Waals surface area contributed by atoms with E-state index in [1.807, 2.05) is 0 Å². The molecule has 0 aromatic carbocycles. The lowest BCUT2D eigenvalue weighted by atomic mass is 9.44. The molecule has 10 fully saturated rings. The topological polar surface area (TPSA) is 335 Å². The first-order chi connectivity index (χ1) is 34.7. The minimum Gasteiger partial charge on any atom is -0.394 e. The number of fused-ring (bicyclic) bond motifs is 7. The van der Waals surface area contributed by atoms with Gasteiger partial charge >= 0.3 is 0 Å². The number of hydrogen-bond donors (Lipinski definition) is 12. The maximum atomic E-state index is 12.4. The Balaban J connectivity index is 0.859. The highest BCUT2D eigenvalue weighted by Crippen LogP contribution is 2.71. The van der Waals surface area contributed by atoms with E-state index in [1.54, 1.807) is 0 Å². The second-order valence-electron chi connectivity index (χ2n) is 24.3. The van der Waals surface area contributed by atoms with E-state index in [0.29, 0.717) is 54.3 Å². The van der Waals surface area contributed by atoms with Gasteiger partial charge in [0.15, 0.2) is 30.9 Å². The zero-order chi connectivity index (χ0) is 52.2. The van der Waals surface area contributed by atoms with E-state index in [1.165, 1.54) is 6.92 Å². The molecule has 0 aromatic heterocycles. The summed E-state index contributed by atoms with van der Waals surface area (Å²) in [4.78, 5) is 0. The second kappa shape index (κ2) is 21.3. The molecule has 0 radical (unpaired) electrons. The SMILES string of the molecule is C[C@@H]1CC[C@@]2(OC1)O[C@H]1C[C@H]3[C@@H]4CC[C@H]5C[C@@H](O[C@@H]6O[C@H](CO)[C@H](O[C@@H]7O[C@H](CO)[C@@H](O)[C@H](O)[C@H]7O[C@@H]7O[C@H](CO)[C@@H](O)[C@H](O)[C@H]7O)[C@H](O)[C@H]6O[C@@H]6O[C@@H](C)[C@H](O)[C@@H](O)[C@H]6O)CC[C@]5(C)[C@H]4CC[C@]3(C)[C@H]1[C@@H]2C. The molecule has 10 aliphatic rings. The van der Waals surface area contributed by atoms with Gasteiger partial charge in [0.25, 0.3) is 0 Å². The zero-order valence-corrected chi connectivity index (χ0v) is 42.6. The first-order valence-corrected chi connectivity index (χ1v) is 27.2. The number of aliphatic hydroxyl groups excluding tert-OH is 12. The standard InChI is InChI=1S/C51H84O22/c1-20-8-13-51(64-19-20)21(2)32-28(73-51)15-27-25-7-6-23-14-24(9-11-49(23,4)26(25)10-12-50(27,32)5)66-47-44(72-45-39(61)36(58)33(55)22(3)65-45)41(63)42(31(18-54)69-47)70-48-43(38(60)35(57)30(17-53)68-48)71-46-40(62)37(59)34(56)29(16-52)67-46/h20-48,52-63H,6-19H2,1-5H3/t20-,21+,22+,23+,24+,25-,26+,27+,28+,29-,30-,31-,32+,33+,34-,35-,36-,37+,38+,39-,40-,41+,42+,43-,44-,45+,46+,47-,48+,49+,50+,51-/m1/s1. The Labute approximate surface area is 426 Å². The Kier molecular flexibility index (Phi) is 16.2. The van der Waals surface area contributed by atoms with E-state index in [4.69, 9.17) is 47.4 Å². The van der Waals surface area contributed by atoms with Gasteiger partial charge in [-0.15, -0.1) is 0 Å². The van der Waals surface area contributed by atoms with Crippen molar-refractivity contribution in [3.05, 3.63) is 0 Å². The third kappa shape index (κ3) is 9.50. The molecule has 0 unspecified atom stereocenters. The molecular formula is C51H84O22. The summed E-state index contributed by atoms with van der Waals surface area (Å²) >= 11 is 0. The van der Waals surface area contributed by atoms with Gasteiger partial charge in [-0.3, -0.25) is 0 Å². The van der Waals surface area contributed by atoms with Crippen LogP contribution in [0.4, 0.5) is 0 Å². The second-order valence-corrected chi connectivity index (χ2v) is 24.3. The summed E-state index contributed by atoms with van der Waals surface area (Å²) in [5.74, 6) is 2.84. The van der Waals surface area contributed by atoms with E-state index in [0.717, 1.165) is 58.0 Å². The van der Waals surface area contributed by atoms with Gasteiger partial charge < -0.3 is 109 Å². The summed E-state index contributed by atoms with van der Waals surface area (Å²) in [5, 5.41) is 130. The van der Waals surface area contributed by atoms with Gasteiger partial charge in [-0.2, -0.15) is 0 Å². The largest absolute Gasteiger partial charge is 0.394 e. The lowest BCUT2D eigenvalue weighted by Gasteiger charge is -2.61. The Morgan fingerprint density at radius 3 is 1.73 bits per heavy atom. The van der Waals surface area contributed by atoms with Crippen molar-refractivity contribution in [1.29, 1.82) is 0 Å². The average Bonchev–Trinajstić information content (AvgIpc) is 3.82. The third-order valence-electron chi connectivity index (χ3n) is 20.4. The summed E-state index contributed by atoms with van der Waals surface area (Å²) in [7, 11) is 0. The van der Waals surface area contributed by atoms with Crippen LogP contribution >= 0.6 is 0 Å². The molecule has 10 rings (SSSR count). The molecule has 0 amide bonds. The minimum absolute atomic E-state index is 0.0411. The fraction of sp³-hybridized carbons (Fsp3) is 1.00. The van der Waals surface area contributed by atoms with Crippen LogP contribution in [0.2, 0.25) is 0 Å². The van der Waals surface area contributed by atoms with Crippen LogP contribution in [0.1, 0.15) is 98.8 Å². The van der Waals surface area contributed by atoms with Crippen LogP contribution in [-0.4, -0.2) is 229 Å². The predicted octanol–water partition coefficient (Wildman–Crippen LogP) is -1.88. The first-order valence-electron chi connectivity index (χ1n) is 27.2. The van der Waals surface area contributed by atoms with Gasteiger partial charge in [0.05, 0.1) is 44.7 Å². The molecule has 6 heterocycles. The maximum Gasteiger partial charge on any atom is 0.187 e. The molecule has 6 aliphatic heterocycles. The van der Waals surface area contributed by atoms with Crippen LogP contribution in [0.25, 0.3) is 0 Å². The Morgan fingerprint density at radius 2 is 1.07 bits per heavy atom. The highest BCUT2D eigenvalue weighted by atomic mass is 16.8. The van der Waals surface area contributed by atoms with E-state index in [2.05, 4.69) is 27.7 Å². The summed E-state index contributed by atoms with van der Waals surface area (Å²) < 4.78 is 62.3. The van der Waals surface area contributed by atoms with Crippen LogP contribution in [-0.2, 0) is 47.4 Å². The van der Waals surface area contributed by atoms with Gasteiger partial charge in [-0.05, 0) is 111 Å². The number of hydrogen-bond acceptors (Lipinski definition) is 22. The van der Waals surface area contributed by atoms with Gasteiger partial charge in [-0.1, -0.05) is 27.7 Å². The molecule has 4 saturated carbocycles. The number of rotatable bonds is 11. The first kappa shape index (κ1) is 55.4. The van der Waals surface area contributed by atoms with Gasteiger partial charge in [0.1, 0.15) is 91.6 Å². The molecule has 1 spiro atoms. The monoisotopic (exact) mass is 1050 g/mol. The summed E-state index contributed by atoms with van der Waals surface area (Å²) in [6.07, 6.45) is -23.9. The summed E-state index contributed by atoms with van der Waals surface area (Å²) in [6.45, 7) is 9.40. The highest BCUT2D eigenvalue weighted by molar-refractivity contribution is 5.15. The van der Waals surface area contributed by atoms with Crippen LogP contribution in [0.3, 0.4) is 0 Å². The van der Waals surface area contributed by atoms with Crippen molar-refractivity contribution in [3.63, 3.8) is 0 Å². The molecule has 0 bridgehead atoms. The van der Waals surface area contributed by atoms with Crippen LogP contribution in [0, 0.1) is 52.3 Å². The smallest absolute Gasteiger partial charge is 0.187 e. The molecule has 6 saturated heterocycles. The van der Waals surface area contributed by atoms with Gasteiger partial charge in [-0.25, -0.2) is 0 Å². The Morgan fingerprint density at radius 1 is 0.493 bits per heavy atom. The summed E-state index contributed by atoms with van der Waals surface area (Å²) in [6, 6.07) is 0. The van der Waals surface area contributed by atoms with Crippen LogP contribution in [0.5, 0.6) is 0 Å². The molecule has 32 atom stereocenters. The average molecular weight is 1050 g/mol. The van der Waals surface area contributed by atoms with Crippen molar-refractivity contribution in [2.75, 3.05) is 26.4 Å². The van der Waals surface area contributed by atoms with Crippen molar-refractivity contribution >= 4 is 0 Å². The van der Waals surface area contributed by atoms with Crippen LogP contribution < -0.4 is 0 Å². The normalized spacial score (nSPS) is 58.2. The van der Waals surface area contributed by atoms with Crippen LogP contribution in [0.15, 0.2) is 0 Å². The lowest BCUT2D eigenvalue weighted by molar-refractivity contribution is -0.402. The predicted molar refractivity (Wildman–Crippen MR) is 247 cm³/mol. The zero-order valence-electron chi connectivity index (χ0n) is 42.6. The van der Waals surface area contributed by atoms with E-state index < -0.39 is 155 Å². The van der Waals surface area contributed by atoms with Gasteiger partial charge in [0, 0.05) is 12.3 Å². The molecule has 0 aromatic rings. The van der Waals surface area contributed by atoms with Crippen molar-refractivity contribution in [2.24, 2.45) is 52.3 Å². The van der Waals surface area contributed by atoms with Gasteiger partial charge in [0.2, 0.25) is 0 Å².